The van der Waals surface area contributed by atoms with Crippen LogP contribution in [0.1, 0.15) is 6.92 Å². The summed E-state index contributed by atoms with van der Waals surface area (Å²) in [4.78, 5) is 24.5. The van der Waals surface area contributed by atoms with Gasteiger partial charge in [0.15, 0.2) is 0 Å². The Labute approximate surface area is 109 Å². The molecule has 1 aromatic carbocycles. The summed E-state index contributed by atoms with van der Waals surface area (Å²) in [6.07, 6.45) is -0.770. The summed E-state index contributed by atoms with van der Waals surface area (Å²) >= 11 is 0. The van der Waals surface area contributed by atoms with Crippen LogP contribution in [0.3, 0.4) is 0 Å². The van der Waals surface area contributed by atoms with Crippen molar-refractivity contribution in [3.05, 3.63) is 39.0 Å². The molecule has 0 saturated heterocycles. The number of aliphatic hydroxyl groups is 1. The van der Waals surface area contributed by atoms with Crippen molar-refractivity contribution in [1.29, 1.82) is 0 Å². The summed E-state index contributed by atoms with van der Waals surface area (Å²) < 4.78 is 7.58. The average Bonchev–Trinajstić information content (AvgIpc) is 2.40. The summed E-state index contributed by atoms with van der Waals surface area (Å²) in [5, 5.41) is 9.78. The fourth-order valence-electron chi connectivity index (χ4n) is 2.14. The van der Waals surface area contributed by atoms with Gasteiger partial charge in [0.1, 0.15) is 11.3 Å². The Kier molecular flexibility index (Phi) is 3.44. The lowest BCUT2D eigenvalue weighted by Gasteiger charge is -2.13. The van der Waals surface area contributed by atoms with Gasteiger partial charge in [-0.1, -0.05) is 6.07 Å². The highest BCUT2D eigenvalue weighted by molar-refractivity contribution is 5.84. The summed E-state index contributed by atoms with van der Waals surface area (Å²) in [6.45, 7) is 1.50. The Hall–Kier alpha value is -2.08. The number of hydrogen-bond donors (Lipinski definition) is 1. The maximum atomic E-state index is 12.3. The van der Waals surface area contributed by atoms with E-state index in [2.05, 4.69) is 0 Å². The highest BCUT2D eigenvalue weighted by Crippen LogP contribution is 2.20. The second-order valence-electron chi connectivity index (χ2n) is 4.46. The highest BCUT2D eigenvalue weighted by atomic mass is 16.5. The van der Waals surface area contributed by atoms with E-state index in [-0.39, 0.29) is 6.54 Å². The number of para-hydroxylation sites is 1. The number of methoxy groups -OCH3 is 1. The number of rotatable bonds is 3. The van der Waals surface area contributed by atoms with Gasteiger partial charge in [0.05, 0.1) is 25.1 Å². The van der Waals surface area contributed by atoms with Crippen molar-refractivity contribution >= 4 is 10.9 Å². The molecule has 1 aromatic heterocycles. The zero-order chi connectivity index (χ0) is 14.2. The van der Waals surface area contributed by atoms with E-state index >= 15 is 0 Å². The van der Waals surface area contributed by atoms with Crippen molar-refractivity contribution in [2.75, 3.05) is 7.11 Å². The molecule has 0 radical (unpaired) electrons. The first-order chi connectivity index (χ1) is 8.97. The van der Waals surface area contributed by atoms with Crippen molar-refractivity contribution in [2.45, 2.75) is 19.6 Å². The molecule has 6 heteroatoms. The minimum absolute atomic E-state index is 0.0291. The number of nitrogens with zero attached hydrogens (tertiary/aromatic N) is 2. The lowest BCUT2D eigenvalue weighted by molar-refractivity contribution is 0.170. The van der Waals surface area contributed by atoms with Gasteiger partial charge in [0.25, 0.3) is 5.56 Å². The van der Waals surface area contributed by atoms with E-state index in [4.69, 9.17) is 4.74 Å². The van der Waals surface area contributed by atoms with Gasteiger partial charge in [0, 0.05) is 7.05 Å². The standard InChI is InChI=1S/C13H16N2O4/c1-8(16)7-15-12(17)9-5-4-6-10(19-3)11(9)14(2)13(15)18/h4-6,8,16H,7H2,1-3H3. The molecule has 1 atom stereocenters. The Bertz CT molecular complexity index is 728. The van der Waals surface area contributed by atoms with Crippen molar-refractivity contribution < 1.29 is 9.84 Å². The van der Waals surface area contributed by atoms with E-state index in [0.29, 0.717) is 16.7 Å². The lowest BCUT2D eigenvalue weighted by atomic mass is 10.2. The predicted molar refractivity (Wildman–Crippen MR) is 71.7 cm³/mol. The molecule has 0 spiro atoms. The van der Waals surface area contributed by atoms with Crippen LogP contribution >= 0.6 is 0 Å². The van der Waals surface area contributed by atoms with Crippen LogP contribution in [0, 0.1) is 0 Å². The van der Waals surface area contributed by atoms with E-state index in [1.807, 2.05) is 0 Å². The molecule has 0 fully saturated rings. The third-order valence-electron chi connectivity index (χ3n) is 2.99. The molecule has 1 heterocycles. The summed E-state index contributed by atoms with van der Waals surface area (Å²) in [5.41, 5.74) is -0.428. The molecule has 0 saturated carbocycles. The molecule has 0 bridgehead atoms. The third kappa shape index (κ3) is 2.15. The number of aryl methyl sites for hydroxylation is 1. The highest BCUT2D eigenvalue weighted by Gasteiger charge is 2.14. The van der Waals surface area contributed by atoms with Gasteiger partial charge in [-0.3, -0.25) is 13.9 Å². The average molecular weight is 264 g/mol. The normalized spacial score (nSPS) is 12.6. The molecule has 102 valence electrons. The van der Waals surface area contributed by atoms with Crippen LogP contribution in [0.25, 0.3) is 10.9 Å². The molecule has 1 N–H and O–H groups in total. The number of benzene rings is 1. The molecule has 2 rings (SSSR count). The molecule has 0 aliphatic rings. The van der Waals surface area contributed by atoms with Crippen LogP contribution in [0.2, 0.25) is 0 Å². The van der Waals surface area contributed by atoms with Gasteiger partial charge >= 0.3 is 5.69 Å². The monoisotopic (exact) mass is 264 g/mol. The zero-order valence-corrected chi connectivity index (χ0v) is 11.1. The molecular formula is C13H16N2O4. The largest absolute Gasteiger partial charge is 0.495 e. The topological polar surface area (TPSA) is 73.5 Å². The Balaban J connectivity index is 2.92. The first-order valence-electron chi connectivity index (χ1n) is 5.92. The first kappa shape index (κ1) is 13.4. The number of ether oxygens (including phenoxy) is 1. The molecule has 0 aliphatic heterocycles. The van der Waals surface area contributed by atoms with Crippen LogP contribution in [0.4, 0.5) is 0 Å². The SMILES string of the molecule is COc1cccc2c(=O)n(CC(C)O)c(=O)n(C)c12. The maximum absolute atomic E-state index is 12.3. The van der Waals surface area contributed by atoms with Crippen molar-refractivity contribution in [3.8, 4) is 5.75 Å². The van der Waals surface area contributed by atoms with Crippen molar-refractivity contribution in [3.63, 3.8) is 0 Å². The Morgan fingerprint density at radius 1 is 1.37 bits per heavy atom. The second kappa shape index (κ2) is 4.89. The van der Waals surface area contributed by atoms with Gasteiger partial charge in [0.2, 0.25) is 0 Å². The Morgan fingerprint density at radius 2 is 2.05 bits per heavy atom. The van der Waals surface area contributed by atoms with Crippen LogP contribution in [-0.2, 0) is 13.6 Å². The van der Waals surface area contributed by atoms with Crippen LogP contribution in [0.5, 0.6) is 5.75 Å². The van der Waals surface area contributed by atoms with E-state index in [0.717, 1.165) is 4.57 Å². The minimum atomic E-state index is -0.770. The van der Waals surface area contributed by atoms with Crippen LogP contribution < -0.4 is 16.0 Å². The third-order valence-corrected chi connectivity index (χ3v) is 2.99. The van der Waals surface area contributed by atoms with Crippen molar-refractivity contribution in [1.82, 2.24) is 9.13 Å². The van der Waals surface area contributed by atoms with Crippen molar-refractivity contribution in [2.24, 2.45) is 7.05 Å². The van der Waals surface area contributed by atoms with E-state index in [9.17, 15) is 14.7 Å². The number of aliphatic hydroxyl groups excluding tert-OH is 1. The smallest absolute Gasteiger partial charge is 0.331 e. The minimum Gasteiger partial charge on any atom is -0.495 e. The van der Waals surface area contributed by atoms with E-state index < -0.39 is 17.4 Å². The fourth-order valence-corrected chi connectivity index (χ4v) is 2.14. The second-order valence-corrected chi connectivity index (χ2v) is 4.46. The molecule has 1 unspecified atom stereocenters. The Morgan fingerprint density at radius 3 is 2.63 bits per heavy atom. The van der Waals surface area contributed by atoms with E-state index in [1.165, 1.54) is 18.6 Å². The van der Waals surface area contributed by atoms with Gasteiger partial charge in [-0.15, -0.1) is 0 Å². The van der Waals surface area contributed by atoms with Gasteiger partial charge in [-0.05, 0) is 19.1 Å². The maximum Gasteiger partial charge on any atom is 0.331 e. The quantitative estimate of drug-likeness (QED) is 0.852. The van der Waals surface area contributed by atoms with Crippen LogP contribution in [0.15, 0.2) is 27.8 Å². The molecule has 0 amide bonds. The number of hydrogen-bond acceptors (Lipinski definition) is 4. The van der Waals surface area contributed by atoms with E-state index in [1.54, 1.807) is 25.2 Å². The number of aromatic nitrogens is 2. The molecule has 2 aromatic rings. The van der Waals surface area contributed by atoms with Gasteiger partial charge in [-0.2, -0.15) is 0 Å². The molecule has 19 heavy (non-hydrogen) atoms. The lowest BCUT2D eigenvalue weighted by Crippen LogP contribution is -2.41. The van der Waals surface area contributed by atoms with Crippen LogP contribution in [-0.4, -0.2) is 27.5 Å². The molecule has 0 aliphatic carbocycles. The predicted octanol–water partition coefficient (Wildman–Crippen LogP) is 0.0896. The number of fused-ring (bicyclic) bond motifs is 1. The first-order valence-corrected chi connectivity index (χ1v) is 5.92. The van der Waals surface area contributed by atoms with Gasteiger partial charge in [-0.25, -0.2) is 4.79 Å². The molecule has 6 nitrogen and oxygen atoms in total. The fraction of sp³-hybridized carbons (Fsp3) is 0.385. The molecular weight excluding hydrogens is 248 g/mol. The summed E-state index contributed by atoms with van der Waals surface area (Å²) in [6, 6.07) is 5.03. The van der Waals surface area contributed by atoms with Gasteiger partial charge < -0.3 is 9.84 Å². The summed E-state index contributed by atoms with van der Waals surface area (Å²) in [5.74, 6) is 0.471. The summed E-state index contributed by atoms with van der Waals surface area (Å²) in [7, 11) is 3.06. The zero-order valence-electron chi connectivity index (χ0n) is 11.1.